The molecule has 2 rings (SSSR count). The number of hydrogen-bond acceptors (Lipinski definition) is 2. The largest absolute Gasteiger partial charge is 0.358 e. The summed E-state index contributed by atoms with van der Waals surface area (Å²) in [6.07, 6.45) is 0. The van der Waals surface area contributed by atoms with E-state index < -0.39 is 0 Å². The lowest BCUT2D eigenvalue weighted by Gasteiger charge is -2.34. The highest BCUT2D eigenvalue weighted by Gasteiger charge is 2.31. The second-order valence-electron chi connectivity index (χ2n) is 5.40. The number of para-hydroxylation sites is 1. The maximum absolute atomic E-state index is 3.47. The predicted molar refractivity (Wildman–Crippen MR) is 78.0 cm³/mol. The van der Waals surface area contributed by atoms with Crippen molar-refractivity contribution in [1.82, 2.24) is 15.6 Å². The summed E-state index contributed by atoms with van der Waals surface area (Å²) in [5.74, 6) is 0. The van der Waals surface area contributed by atoms with E-state index in [1.165, 1.54) is 22.2 Å². The fourth-order valence-electron chi connectivity index (χ4n) is 2.68. The van der Waals surface area contributed by atoms with Gasteiger partial charge in [-0.3, -0.25) is 0 Å². The number of benzene rings is 1. The molecule has 1 atom stereocenters. The highest BCUT2D eigenvalue weighted by molar-refractivity contribution is 5.85. The van der Waals surface area contributed by atoms with Gasteiger partial charge in [0.2, 0.25) is 0 Å². The molecule has 0 spiro atoms. The lowest BCUT2D eigenvalue weighted by Crippen LogP contribution is -2.47. The lowest BCUT2D eigenvalue weighted by atomic mass is 9.87. The van der Waals surface area contributed by atoms with Gasteiger partial charge >= 0.3 is 0 Å². The Labute approximate surface area is 109 Å². The number of likely N-dealkylation sites (N-methyl/N-ethyl adjacent to an activating group) is 2. The number of aryl methyl sites for hydroxylation is 1. The van der Waals surface area contributed by atoms with Crippen molar-refractivity contribution in [3.8, 4) is 0 Å². The van der Waals surface area contributed by atoms with Crippen LogP contribution in [0.4, 0.5) is 0 Å². The molecule has 1 aromatic carbocycles. The van der Waals surface area contributed by atoms with Crippen molar-refractivity contribution in [2.75, 3.05) is 14.1 Å². The summed E-state index contributed by atoms with van der Waals surface area (Å²) in [6, 6.07) is 8.74. The standard InChI is InChI=1S/C15H23N3/c1-10-13(14(16-4)15(2,3)17-5)11-8-6-7-9-12(11)18-10/h6-9,14,16-18H,1-5H3. The van der Waals surface area contributed by atoms with E-state index in [0.29, 0.717) is 0 Å². The van der Waals surface area contributed by atoms with Gasteiger partial charge in [0.25, 0.3) is 0 Å². The molecule has 0 amide bonds. The van der Waals surface area contributed by atoms with Crippen LogP contribution in [0.25, 0.3) is 10.9 Å². The van der Waals surface area contributed by atoms with E-state index in [4.69, 9.17) is 0 Å². The zero-order valence-corrected chi connectivity index (χ0v) is 11.9. The minimum atomic E-state index is -0.00945. The van der Waals surface area contributed by atoms with Gasteiger partial charge in [-0.25, -0.2) is 0 Å². The molecule has 98 valence electrons. The Morgan fingerprint density at radius 3 is 2.44 bits per heavy atom. The zero-order chi connectivity index (χ0) is 13.3. The normalized spacial score (nSPS) is 14.1. The second kappa shape index (κ2) is 4.75. The Morgan fingerprint density at radius 2 is 1.83 bits per heavy atom. The van der Waals surface area contributed by atoms with E-state index in [9.17, 15) is 0 Å². The van der Waals surface area contributed by atoms with Crippen molar-refractivity contribution in [3.05, 3.63) is 35.5 Å². The SMILES string of the molecule is CNC(c1c(C)[nH]c2ccccc12)C(C)(C)NC. The Morgan fingerprint density at radius 1 is 1.17 bits per heavy atom. The van der Waals surface area contributed by atoms with Crippen molar-refractivity contribution in [1.29, 1.82) is 0 Å². The molecule has 3 nitrogen and oxygen atoms in total. The molecule has 1 heterocycles. The van der Waals surface area contributed by atoms with E-state index >= 15 is 0 Å². The Bertz CT molecular complexity index is 540. The van der Waals surface area contributed by atoms with Crippen LogP contribution >= 0.6 is 0 Å². The fourth-order valence-corrected chi connectivity index (χ4v) is 2.68. The van der Waals surface area contributed by atoms with Gasteiger partial charge in [0, 0.05) is 22.1 Å². The smallest absolute Gasteiger partial charge is 0.0521 e. The van der Waals surface area contributed by atoms with Crippen molar-refractivity contribution < 1.29 is 0 Å². The minimum Gasteiger partial charge on any atom is -0.358 e. The van der Waals surface area contributed by atoms with Crippen LogP contribution < -0.4 is 10.6 Å². The average molecular weight is 245 g/mol. The van der Waals surface area contributed by atoms with Crippen molar-refractivity contribution in [2.45, 2.75) is 32.4 Å². The monoisotopic (exact) mass is 245 g/mol. The molecule has 0 radical (unpaired) electrons. The first kappa shape index (κ1) is 13.1. The topological polar surface area (TPSA) is 39.9 Å². The molecule has 1 unspecified atom stereocenters. The van der Waals surface area contributed by atoms with E-state index in [0.717, 1.165) is 0 Å². The van der Waals surface area contributed by atoms with Gasteiger partial charge in [-0.2, -0.15) is 0 Å². The van der Waals surface area contributed by atoms with E-state index in [1.54, 1.807) is 0 Å². The number of aromatic nitrogens is 1. The predicted octanol–water partition coefficient (Wildman–Crippen LogP) is 2.73. The van der Waals surface area contributed by atoms with Gasteiger partial charge in [-0.15, -0.1) is 0 Å². The molecule has 0 aliphatic heterocycles. The molecule has 1 aromatic heterocycles. The van der Waals surface area contributed by atoms with Gasteiger partial charge < -0.3 is 15.6 Å². The average Bonchev–Trinajstić information content (AvgIpc) is 2.67. The van der Waals surface area contributed by atoms with E-state index in [1.807, 2.05) is 14.1 Å². The molecular weight excluding hydrogens is 222 g/mol. The molecule has 0 fully saturated rings. The maximum Gasteiger partial charge on any atom is 0.0521 e. The zero-order valence-electron chi connectivity index (χ0n) is 11.9. The maximum atomic E-state index is 3.47. The number of nitrogens with one attached hydrogen (secondary N) is 3. The van der Waals surface area contributed by atoms with Crippen molar-refractivity contribution in [2.24, 2.45) is 0 Å². The molecule has 18 heavy (non-hydrogen) atoms. The molecule has 0 bridgehead atoms. The molecule has 0 aliphatic rings. The first-order chi connectivity index (χ1) is 8.51. The highest BCUT2D eigenvalue weighted by atomic mass is 15.0. The van der Waals surface area contributed by atoms with E-state index in [-0.39, 0.29) is 11.6 Å². The van der Waals surface area contributed by atoms with Crippen LogP contribution in [0.3, 0.4) is 0 Å². The van der Waals surface area contributed by atoms with Crippen LogP contribution in [0.15, 0.2) is 24.3 Å². The quantitative estimate of drug-likeness (QED) is 0.775. The molecular formula is C15H23N3. The molecule has 3 heteroatoms. The summed E-state index contributed by atoms with van der Waals surface area (Å²) in [6.45, 7) is 6.58. The summed E-state index contributed by atoms with van der Waals surface area (Å²) < 4.78 is 0. The Balaban J connectivity index is 2.61. The number of fused-ring (bicyclic) bond motifs is 1. The molecule has 0 saturated carbocycles. The third-order valence-corrected chi connectivity index (χ3v) is 3.89. The van der Waals surface area contributed by atoms with Crippen molar-refractivity contribution in [3.63, 3.8) is 0 Å². The van der Waals surface area contributed by atoms with Gasteiger partial charge in [0.1, 0.15) is 0 Å². The van der Waals surface area contributed by atoms with Crippen molar-refractivity contribution >= 4 is 10.9 Å². The van der Waals surface area contributed by atoms with Crippen LogP contribution in [0.2, 0.25) is 0 Å². The molecule has 2 aromatic rings. The first-order valence-corrected chi connectivity index (χ1v) is 6.44. The van der Waals surface area contributed by atoms with Crippen LogP contribution in [-0.4, -0.2) is 24.6 Å². The fraction of sp³-hybridized carbons (Fsp3) is 0.467. The van der Waals surface area contributed by atoms with Crippen LogP contribution in [0.5, 0.6) is 0 Å². The van der Waals surface area contributed by atoms with Gasteiger partial charge in [-0.1, -0.05) is 18.2 Å². The minimum absolute atomic E-state index is 0.00945. The molecule has 3 N–H and O–H groups in total. The lowest BCUT2D eigenvalue weighted by molar-refractivity contribution is 0.312. The van der Waals surface area contributed by atoms with Gasteiger partial charge in [0.15, 0.2) is 0 Å². The third-order valence-electron chi connectivity index (χ3n) is 3.89. The number of rotatable bonds is 4. The Kier molecular flexibility index (Phi) is 3.46. The van der Waals surface area contributed by atoms with Crippen LogP contribution in [0, 0.1) is 6.92 Å². The molecule has 0 saturated heterocycles. The summed E-state index contributed by atoms with van der Waals surface area (Å²) in [7, 11) is 4.03. The first-order valence-electron chi connectivity index (χ1n) is 6.44. The Hall–Kier alpha value is -1.32. The summed E-state index contributed by atoms with van der Waals surface area (Å²) in [5, 5.41) is 8.15. The number of H-pyrrole nitrogens is 1. The van der Waals surface area contributed by atoms with Crippen LogP contribution in [0.1, 0.15) is 31.1 Å². The number of aromatic amines is 1. The summed E-state index contributed by atoms with van der Waals surface area (Å²) in [4.78, 5) is 3.47. The second-order valence-corrected chi connectivity index (χ2v) is 5.40. The highest BCUT2D eigenvalue weighted by Crippen LogP contribution is 2.33. The van der Waals surface area contributed by atoms with Crippen LogP contribution in [-0.2, 0) is 0 Å². The number of hydrogen-bond donors (Lipinski definition) is 3. The van der Waals surface area contributed by atoms with Gasteiger partial charge in [-0.05, 0) is 46.5 Å². The van der Waals surface area contributed by atoms with Gasteiger partial charge in [0.05, 0.1) is 6.04 Å². The van der Waals surface area contributed by atoms with E-state index in [2.05, 4.69) is 60.7 Å². The summed E-state index contributed by atoms with van der Waals surface area (Å²) in [5.41, 5.74) is 3.79. The summed E-state index contributed by atoms with van der Waals surface area (Å²) >= 11 is 0. The third kappa shape index (κ3) is 2.04. The molecule has 0 aliphatic carbocycles.